The molecule has 10 nitrogen and oxygen atoms in total. The van der Waals surface area contributed by atoms with E-state index in [0.29, 0.717) is 16.3 Å². The second kappa shape index (κ2) is 8.24. The summed E-state index contributed by atoms with van der Waals surface area (Å²) < 4.78 is 18.4. The van der Waals surface area contributed by atoms with Crippen LogP contribution in [0.5, 0.6) is 11.5 Å². The van der Waals surface area contributed by atoms with Crippen LogP contribution in [0.4, 0.5) is 5.00 Å². The molecule has 1 aliphatic rings. The topological polar surface area (TPSA) is 122 Å². The molecule has 3 heterocycles. The predicted molar refractivity (Wildman–Crippen MR) is 108 cm³/mol. The van der Waals surface area contributed by atoms with E-state index < -0.39 is 10.8 Å². The van der Waals surface area contributed by atoms with Gasteiger partial charge >= 0.3 is 11.0 Å². The first-order valence-corrected chi connectivity index (χ1v) is 10.5. The Balaban J connectivity index is 1.75. The molecule has 3 aromatic rings. The smallest absolute Gasteiger partial charge is 0.324 e. The molecular weight excluding hydrogens is 434 g/mol. The highest BCUT2D eigenvalue weighted by Crippen LogP contribution is 2.37. The summed E-state index contributed by atoms with van der Waals surface area (Å²) in [6.07, 6.45) is 0.0972. The number of esters is 1. The molecule has 156 valence electrons. The van der Waals surface area contributed by atoms with E-state index in [9.17, 15) is 19.7 Å². The molecule has 0 unspecified atom stereocenters. The van der Waals surface area contributed by atoms with Crippen LogP contribution >= 0.6 is 22.7 Å². The second-order valence-corrected chi connectivity index (χ2v) is 8.15. The Morgan fingerprint density at radius 2 is 2.03 bits per heavy atom. The number of aryl methyl sites for hydroxylation is 1. The van der Waals surface area contributed by atoms with E-state index in [1.807, 2.05) is 0 Å². The van der Waals surface area contributed by atoms with Crippen LogP contribution < -0.4 is 14.3 Å². The van der Waals surface area contributed by atoms with Gasteiger partial charge in [-0.2, -0.15) is 4.99 Å². The summed E-state index contributed by atoms with van der Waals surface area (Å²) in [6.45, 7) is 2.38. The Morgan fingerprint density at radius 3 is 2.73 bits per heavy atom. The zero-order valence-electron chi connectivity index (χ0n) is 15.7. The molecule has 0 saturated heterocycles. The Morgan fingerprint density at radius 1 is 1.27 bits per heavy atom. The summed E-state index contributed by atoms with van der Waals surface area (Å²) in [5.74, 6) is 0.200. The van der Waals surface area contributed by atoms with Crippen molar-refractivity contribution in [1.82, 2.24) is 4.57 Å². The SMILES string of the molecule is CCOC(=O)CCn1c(=NC(=O)c2ccc([N+](=O)[O-])s2)sc2cc3c(cc21)OCO3. The summed E-state index contributed by atoms with van der Waals surface area (Å²) in [5.41, 5.74) is 0.734. The Hall–Kier alpha value is -3.25. The number of carbonyl (C=O) groups is 2. The van der Waals surface area contributed by atoms with E-state index >= 15 is 0 Å². The number of aromatic nitrogens is 1. The molecule has 0 aliphatic carbocycles. The number of nitro groups is 1. The molecule has 1 aromatic carbocycles. The number of carbonyl (C=O) groups excluding carboxylic acids is 2. The van der Waals surface area contributed by atoms with E-state index in [1.165, 1.54) is 23.5 Å². The van der Waals surface area contributed by atoms with Crippen LogP contribution in [0.3, 0.4) is 0 Å². The maximum atomic E-state index is 12.6. The number of rotatable bonds is 6. The van der Waals surface area contributed by atoms with Crippen molar-refractivity contribution in [2.24, 2.45) is 4.99 Å². The lowest BCUT2D eigenvalue weighted by molar-refractivity contribution is -0.380. The van der Waals surface area contributed by atoms with Crippen LogP contribution in [-0.2, 0) is 16.1 Å². The van der Waals surface area contributed by atoms with Crippen molar-refractivity contribution < 1.29 is 28.7 Å². The molecule has 0 N–H and O–H groups in total. The molecule has 12 heteroatoms. The number of thiazole rings is 1. The maximum Gasteiger partial charge on any atom is 0.324 e. The minimum atomic E-state index is -0.593. The van der Waals surface area contributed by atoms with Gasteiger partial charge in [0.1, 0.15) is 4.88 Å². The second-order valence-electron chi connectivity index (χ2n) is 6.08. The normalized spacial score (nSPS) is 13.0. The molecule has 0 saturated carbocycles. The van der Waals surface area contributed by atoms with Gasteiger partial charge < -0.3 is 18.8 Å². The lowest BCUT2D eigenvalue weighted by atomic mass is 10.3. The van der Waals surface area contributed by atoms with Gasteiger partial charge in [0.05, 0.1) is 28.2 Å². The number of benzene rings is 1. The van der Waals surface area contributed by atoms with Gasteiger partial charge in [-0.05, 0) is 13.0 Å². The van der Waals surface area contributed by atoms with E-state index in [4.69, 9.17) is 14.2 Å². The molecule has 1 amide bonds. The first kappa shape index (κ1) is 20.0. The Kier molecular flexibility index (Phi) is 5.50. The van der Waals surface area contributed by atoms with Gasteiger partial charge in [-0.3, -0.25) is 19.7 Å². The van der Waals surface area contributed by atoms with Crippen LogP contribution in [-0.4, -0.2) is 34.8 Å². The summed E-state index contributed by atoms with van der Waals surface area (Å²) in [6, 6.07) is 6.22. The lowest BCUT2D eigenvalue weighted by Gasteiger charge is -2.06. The molecule has 2 aromatic heterocycles. The van der Waals surface area contributed by atoms with Gasteiger partial charge in [0, 0.05) is 24.7 Å². The van der Waals surface area contributed by atoms with Gasteiger partial charge in [0.2, 0.25) is 6.79 Å². The zero-order chi connectivity index (χ0) is 21.3. The van der Waals surface area contributed by atoms with Crippen molar-refractivity contribution in [2.45, 2.75) is 19.9 Å². The molecule has 0 bridgehead atoms. The summed E-state index contributed by atoms with van der Waals surface area (Å²) in [5, 5.41) is 10.7. The highest BCUT2D eigenvalue weighted by molar-refractivity contribution is 7.17. The summed E-state index contributed by atoms with van der Waals surface area (Å²) in [4.78, 5) is 39.4. The van der Waals surface area contributed by atoms with Crippen molar-refractivity contribution in [1.29, 1.82) is 0 Å². The van der Waals surface area contributed by atoms with Crippen LogP contribution in [0.2, 0.25) is 0 Å². The van der Waals surface area contributed by atoms with E-state index in [0.717, 1.165) is 21.6 Å². The van der Waals surface area contributed by atoms with E-state index in [2.05, 4.69) is 4.99 Å². The van der Waals surface area contributed by atoms with Crippen LogP contribution in [0.1, 0.15) is 23.0 Å². The Labute approximate surface area is 177 Å². The minimum absolute atomic E-state index is 0.0972. The molecule has 0 radical (unpaired) electrons. The number of fused-ring (bicyclic) bond motifs is 2. The van der Waals surface area contributed by atoms with Crippen LogP contribution in [0, 0.1) is 10.1 Å². The van der Waals surface area contributed by atoms with Gasteiger partial charge in [-0.1, -0.05) is 22.7 Å². The average molecular weight is 449 g/mol. The highest BCUT2D eigenvalue weighted by atomic mass is 32.1. The lowest BCUT2D eigenvalue weighted by Crippen LogP contribution is -2.19. The fourth-order valence-electron chi connectivity index (χ4n) is 2.88. The first-order valence-electron chi connectivity index (χ1n) is 8.88. The molecule has 1 aliphatic heterocycles. The first-order chi connectivity index (χ1) is 14.5. The standard InChI is InChI=1S/C18H15N3O7S2/c1-2-26-16(22)5-6-20-10-7-11-12(28-9-27-11)8-14(10)30-18(20)19-17(23)13-3-4-15(29-13)21(24)25/h3-4,7-8H,2,5-6,9H2,1H3. The van der Waals surface area contributed by atoms with Crippen molar-refractivity contribution in [2.75, 3.05) is 13.4 Å². The van der Waals surface area contributed by atoms with E-state index in [-0.39, 0.29) is 42.2 Å². The number of ether oxygens (including phenoxy) is 3. The zero-order valence-corrected chi connectivity index (χ0v) is 17.3. The third kappa shape index (κ3) is 3.91. The third-order valence-corrected chi connectivity index (χ3v) is 6.27. The van der Waals surface area contributed by atoms with Crippen molar-refractivity contribution >= 4 is 49.8 Å². The molecule has 0 fully saturated rings. The van der Waals surface area contributed by atoms with E-state index in [1.54, 1.807) is 23.6 Å². The van der Waals surface area contributed by atoms with Crippen molar-refractivity contribution in [3.8, 4) is 11.5 Å². The van der Waals surface area contributed by atoms with Gasteiger partial charge in [-0.15, -0.1) is 0 Å². The van der Waals surface area contributed by atoms with Crippen LogP contribution in [0.25, 0.3) is 10.2 Å². The number of thiophene rings is 1. The monoisotopic (exact) mass is 449 g/mol. The van der Waals surface area contributed by atoms with Crippen molar-refractivity contribution in [3.63, 3.8) is 0 Å². The fourth-order valence-corrected chi connectivity index (χ4v) is 4.65. The molecule has 30 heavy (non-hydrogen) atoms. The van der Waals surface area contributed by atoms with Crippen LogP contribution in [0.15, 0.2) is 29.3 Å². The predicted octanol–water partition coefficient (Wildman–Crippen LogP) is 3.10. The largest absolute Gasteiger partial charge is 0.466 e. The van der Waals surface area contributed by atoms with Gasteiger partial charge in [-0.25, -0.2) is 0 Å². The molecular formula is C18H15N3O7S2. The molecule has 0 atom stereocenters. The third-order valence-electron chi connectivity index (χ3n) is 4.20. The van der Waals surface area contributed by atoms with Gasteiger partial charge in [0.15, 0.2) is 16.3 Å². The summed E-state index contributed by atoms with van der Waals surface area (Å²) >= 11 is 2.01. The average Bonchev–Trinajstić information content (AvgIpc) is 3.43. The number of hydrogen-bond donors (Lipinski definition) is 0. The summed E-state index contributed by atoms with van der Waals surface area (Å²) in [7, 11) is 0. The fraction of sp³-hybridized carbons (Fsp3) is 0.278. The highest BCUT2D eigenvalue weighted by Gasteiger charge is 2.20. The van der Waals surface area contributed by atoms with Crippen molar-refractivity contribution in [3.05, 3.63) is 44.1 Å². The maximum absolute atomic E-state index is 12.6. The molecule has 0 spiro atoms. The number of hydrogen-bond acceptors (Lipinski definition) is 9. The van der Waals surface area contributed by atoms with Gasteiger partial charge in [0.25, 0.3) is 5.91 Å². The minimum Gasteiger partial charge on any atom is -0.466 e. The Bertz CT molecular complexity index is 1220. The quantitative estimate of drug-likeness (QED) is 0.322. The number of amides is 1. The molecule has 4 rings (SSSR count). The number of nitrogens with zero attached hydrogens (tertiary/aromatic N) is 3.